The van der Waals surface area contributed by atoms with E-state index in [0.717, 1.165) is 37.8 Å². The molecule has 0 radical (unpaired) electrons. The van der Waals surface area contributed by atoms with Crippen molar-refractivity contribution in [2.24, 2.45) is 0 Å². The van der Waals surface area contributed by atoms with E-state index in [0.29, 0.717) is 11.1 Å². The molecule has 3 rings (SSSR count). The lowest BCUT2D eigenvalue weighted by Crippen LogP contribution is -2.16. The lowest BCUT2D eigenvalue weighted by molar-refractivity contribution is -0.386. The van der Waals surface area contributed by atoms with Crippen molar-refractivity contribution in [3.05, 3.63) is 52.6 Å². The summed E-state index contributed by atoms with van der Waals surface area (Å²) in [6.45, 7) is 0. The third-order valence-electron chi connectivity index (χ3n) is 4.17. The molecule has 26 heavy (non-hydrogen) atoms. The zero-order valence-electron chi connectivity index (χ0n) is 13.7. The molecule has 0 bridgehead atoms. The normalized spacial score (nSPS) is 15.0. The molecule has 2 aromatic rings. The Morgan fingerprint density at radius 1 is 1.00 bits per heavy atom. The largest absolute Gasteiger partial charge is 0.573 e. The Bertz CT molecular complexity index is 784. The average molecular weight is 367 g/mol. The second kappa shape index (κ2) is 7.23. The summed E-state index contributed by atoms with van der Waals surface area (Å²) in [5, 5.41) is 11.4. The van der Waals surface area contributed by atoms with Crippen molar-refractivity contribution < 1.29 is 27.6 Å². The number of alkyl halides is 3. The third-order valence-corrected chi connectivity index (χ3v) is 4.17. The maximum Gasteiger partial charge on any atom is 0.573 e. The van der Waals surface area contributed by atoms with Crippen molar-refractivity contribution in [2.75, 3.05) is 0 Å². The molecule has 0 heterocycles. The van der Waals surface area contributed by atoms with Crippen molar-refractivity contribution in [1.82, 2.24) is 0 Å². The van der Waals surface area contributed by atoms with Gasteiger partial charge in [0.05, 0.1) is 11.0 Å². The van der Waals surface area contributed by atoms with E-state index >= 15 is 0 Å². The molecule has 0 aromatic heterocycles. The van der Waals surface area contributed by atoms with Gasteiger partial charge in [0.25, 0.3) is 0 Å². The topological polar surface area (TPSA) is 61.6 Å². The van der Waals surface area contributed by atoms with Gasteiger partial charge in [0.15, 0.2) is 5.75 Å². The van der Waals surface area contributed by atoms with Gasteiger partial charge in [0.2, 0.25) is 0 Å². The molecule has 1 aliphatic rings. The zero-order valence-corrected chi connectivity index (χ0v) is 13.7. The first-order chi connectivity index (χ1) is 12.3. The van der Waals surface area contributed by atoms with E-state index in [9.17, 15) is 23.3 Å². The van der Waals surface area contributed by atoms with Crippen LogP contribution >= 0.6 is 0 Å². The maximum atomic E-state index is 12.2. The van der Waals surface area contributed by atoms with Gasteiger partial charge in [-0.1, -0.05) is 18.2 Å². The molecule has 0 saturated heterocycles. The predicted molar refractivity (Wildman–Crippen MR) is 88.1 cm³/mol. The van der Waals surface area contributed by atoms with Gasteiger partial charge < -0.3 is 9.47 Å². The number of ether oxygens (including phenoxy) is 2. The van der Waals surface area contributed by atoms with Crippen LogP contribution in [0.4, 0.5) is 18.9 Å². The minimum Gasteiger partial charge on any atom is -0.484 e. The number of nitro benzene ring substituents is 1. The summed E-state index contributed by atoms with van der Waals surface area (Å²) in [7, 11) is 0. The fraction of sp³-hybridized carbons (Fsp3) is 0.333. The van der Waals surface area contributed by atoms with Gasteiger partial charge in [-0.3, -0.25) is 10.1 Å². The summed E-state index contributed by atoms with van der Waals surface area (Å²) in [6, 6.07) is 9.71. The molecule has 0 atom stereocenters. The molecule has 1 fully saturated rings. The van der Waals surface area contributed by atoms with Gasteiger partial charge in [-0.25, -0.2) is 0 Å². The number of hydrogen-bond donors (Lipinski definition) is 0. The fourth-order valence-corrected chi connectivity index (χ4v) is 2.97. The van der Waals surface area contributed by atoms with Crippen LogP contribution in [-0.2, 0) is 0 Å². The minimum absolute atomic E-state index is 0.0154. The summed E-state index contributed by atoms with van der Waals surface area (Å²) in [5.74, 6) is -0.139. The van der Waals surface area contributed by atoms with E-state index in [1.54, 1.807) is 6.07 Å². The second-order valence-electron chi connectivity index (χ2n) is 6.04. The van der Waals surface area contributed by atoms with E-state index in [2.05, 4.69) is 4.74 Å². The Kier molecular flexibility index (Phi) is 5.01. The van der Waals surface area contributed by atoms with Gasteiger partial charge >= 0.3 is 12.0 Å². The quantitative estimate of drug-likeness (QED) is 0.518. The van der Waals surface area contributed by atoms with Crippen molar-refractivity contribution in [1.29, 1.82) is 0 Å². The highest BCUT2D eigenvalue weighted by Crippen LogP contribution is 2.35. The molecule has 1 saturated carbocycles. The molecular weight excluding hydrogens is 351 g/mol. The number of nitro groups is 1. The molecule has 0 unspecified atom stereocenters. The maximum absolute atomic E-state index is 12.2. The summed E-state index contributed by atoms with van der Waals surface area (Å²) in [5.41, 5.74) is 0.883. The summed E-state index contributed by atoms with van der Waals surface area (Å²) in [4.78, 5) is 10.9. The highest BCUT2D eigenvalue weighted by molar-refractivity contribution is 5.69. The molecular formula is C18H16F3NO4. The monoisotopic (exact) mass is 367 g/mol. The van der Waals surface area contributed by atoms with Gasteiger partial charge in [-0.05, 0) is 55.0 Å². The van der Waals surface area contributed by atoms with E-state index in [4.69, 9.17) is 4.74 Å². The number of nitrogens with zero attached hydrogens (tertiary/aromatic N) is 1. The Morgan fingerprint density at radius 3 is 2.19 bits per heavy atom. The highest BCUT2D eigenvalue weighted by atomic mass is 19.4. The van der Waals surface area contributed by atoms with Crippen LogP contribution < -0.4 is 9.47 Å². The molecule has 8 heteroatoms. The summed E-state index contributed by atoms with van der Waals surface area (Å²) < 4.78 is 46.2. The van der Waals surface area contributed by atoms with Gasteiger partial charge in [0.1, 0.15) is 5.75 Å². The second-order valence-corrected chi connectivity index (χ2v) is 6.04. The smallest absolute Gasteiger partial charge is 0.484 e. The van der Waals surface area contributed by atoms with Gasteiger partial charge in [-0.15, -0.1) is 13.2 Å². The molecule has 2 aromatic carbocycles. The predicted octanol–water partition coefficient (Wildman–Crippen LogP) is 5.48. The molecule has 5 nitrogen and oxygen atoms in total. The highest BCUT2D eigenvalue weighted by Gasteiger charge is 2.31. The average Bonchev–Trinajstić information content (AvgIpc) is 3.07. The standard InChI is InChI=1S/C18H16F3NO4/c19-18(20,21)26-15-8-5-12(6-9-15)13-7-10-17(16(11-13)22(23)24)25-14-3-1-2-4-14/h5-11,14H,1-4H2. The molecule has 0 spiro atoms. The Balaban J connectivity index is 1.83. The van der Waals surface area contributed by atoms with Crippen molar-refractivity contribution in [2.45, 2.75) is 38.1 Å². The lowest BCUT2D eigenvalue weighted by atomic mass is 10.0. The number of benzene rings is 2. The number of hydrogen-bond acceptors (Lipinski definition) is 4. The Morgan fingerprint density at radius 2 is 1.62 bits per heavy atom. The van der Waals surface area contributed by atoms with Gasteiger partial charge in [0, 0.05) is 6.07 Å². The summed E-state index contributed by atoms with van der Waals surface area (Å²) >= 11 is 0. The SMILES string of the molecule is O=[N+]([O-])c1cc(-c2ccc(OC(F)(F)F)cc2)ccc1OC1CCCC1. The first kappa shape index (κ1) is 18.0. The van der Waals surface area contributed by atoms with Crippen LogP contribution in [0, 0.1) is 10.1 Å². The first-order valence-corrected chi connectivity index (χ1v) is 8.13. The molecule has 0 amide bonds. The van der Waals surface area contributed by atoms with Gasteiger partial charge in [-0.2, -0.15) is 0 Å². The number of halogens is 3. The van der Waals surface area contributed by atoms with E-state index in [-0.39, 0.29) is 23.3 Å². The van der Waals surface area contributed by atoms with Crippen LogP contribution in [0.3, 0.4) is 0 Å². The van der Waals surface area contributed by atoms with E-state index in [1.165, 1.54) is 24.3 Å². The zero-order chi connectivity index (χ0) is 18.7. The van der Waals surface area contributed by atoms with Crippen LogP contribution in [0.5, 0.6) is 11.5 Å². The molecule has 138 valence electrons. The Labute approximate surface area is 147 Å². The third kappa shape index (κ3) is 4.44. The minimum atomic E-state index is -4.76. The van der Waals surface area contributed by atoms with Crippen molar-refractivity contribution >= 4 is 5.69 Å². The molecule has 0 aliphatic heterocycles. The lowest BCUT2D eigenvalue weighted by Gasteiger charge is -2.14. The van der Waals surface area contributed by atoms with E-state index in [1.807, 2.05) is 0 Å². The van der Waals surface area contributed by atoms with Crippen molar-refractivity contribution in [3.8, 4) is 22.6 Å². The fourth-order valence-electron chi connectivity index (χ4n) is 2.97. The van der Waals surface area contributed by atoms with E-state index < -0.39 is 11.3 Å². The van der Waals surface area contributed by atoms with Crippen LogP contribution in [0.15, 0.2) is 42.5 Å². The van der Waals surface area contributed by atoms with Crippen molar-refractivity contribution in [3.63, 3.8) is 0 Å². The van der Waals surface area contributed by atoms with Crippen LogP contribution in [0.2, 0.25) is 0 Å². The van der Waals surface area contributed by atoms with Crippen LogP contribution in [0.25, 0.3) is 11.1 Å². The Hall–Kier alpha value is -2.77. The number of rotatable bonds is 5. The molecule has 1 aliphatic carbocycles. The first-order valence-electron chi connectivity index (χ1n) is 8.13. The van der Waals surface area contributed by atoms with Crippen LogP contribution in [-0.4, -0.2) is 17.4 Å². The molecule has 0 N–H and O–H groups in total. The van der Waals surface area contributed by atoms with Crippen LogP contribution in [0.1, 0.15) is 25.7 Å². The summed E-state index contributed by atoms with van der Waals surface area (Å²) in [6.07, 6.45) is -0.942.